The third-order valence-electron chi connectivity index (χ3n) is 5.07. The molecule has 0 N–H and O–H groups in total. The van der Waals surface area contributed by atoms with Crippen LogP contribution in [-0.2, 0) is 0 Å². The molecule has 0 saturated carbocycles. The molecule has 120 valence electrons. The standard InChI is InChI=1S/C20H40/c1-6-9-11-13-15-19(4)16-18-20(5,8-3)17-14-12-10-7-2/h19H,1-2,6-18H2,3-5H3. The van der Waals surface area contributed by atoms with Crippen molar-refractivity contribution in [3.63, 3.8) is 0 Å². The summed E-state index contributed by atoms with van der Waals surface area (Å²) in [6, 6.07) is 0. The lowest BCUT2D eigenvalue weighted by Crippen LogP contribution is -2.16. The van der Waals surface area contributed by atoms with Gasteiger partial charge in [-0.1, -0.05) is 105 Å². The summed E-state index contributed by atoms with van der Waals surface area (Å²) in [4.78, 5) is 0. The van der Waals surface area contributed by atoms with Gasteiger partial charge in [-0.15, -0.1) is 0 Å². The molecule has 0 fully saturated rings. The molecule has 0 aliphatic carbocycles. The Morgan fingerprint density at radius 2 is 1.40 bits per heavy atom. The summed E-state index contributed by atoms with van der Waals surface area (Å²) in [5.74, 6) is 0.908. The van der Waals surface area contributed by atoms with Crippen LogP contribution in [0.3, 0.4) is 0 Å². The van der Waals surface area contributed by atoms with Gasteiger partial charge in [0.15, 0.2) is 0 Å². The molecule has 0 heteroatoms. The molecule has 0 rings (SSSR count). The lowest BCUT2D eigenvalue weighted by molar-refractivity contribution is 0.226. The average molecular weight is 281 g/mol. The van der Waals surface area contributed by atoms with Crippen molar-refractivity contribution < 1.29 is 0 Å². The quantitative estimate of drug-likeness (QED) is 0.291. The molecular weight excluding hydrogens is 240 g/mol. The van der Waals surface area contributed by atoms with Crippen molar-refractivity contribution in [3.05, 3.63) is 13.8 Å². The minimum atomic E-state index is 0.586. The minimum absolute atomic E-state index is 0.586. The monoisotopic (exact) mass is 280 g/mol. The predicted molar refractivity (Wildman–Crippen MR) is 93.7 cm³/mol. The molecule has 0 aromatic carbocycles. The van der Waals surface area contributed by atoms with E-state index in [0.717, 1.165) is 18.8 Å². The highest BCUT2D eigenvalue weighted by molar-refractivity contribution is 4.74. The molecule has 2 unspecified atom stereocenters. The summed E-state index contributed by atoms with van der Waals surface area (Å²) in [7, 11) is 0. The van der Waals surface area contributed by atoms with E-state index < -0.39 is 0 Å². The highest BCUT2D eigenvalue weighted by atomic mass is 14.3. The predicted octanol–water partition coefficient (Wildman–Crippen LogP) is 7.39. The fraction of sp³-hybridized carbons (Fsp3) is 0.900. The summed E-state index contributed by atoms with van der Waals surface area (Å²) in [6.45, 7) is 15.2. The zero-order chi connectivity index (χ0) is 15.3. The van der Waals surface area contributed by atoms with Crippen molar-refractivity contribution in [1.82, 2.24) is 0 Å². The molecular formula is C20H40. The Hall–Kier alpha value is 0. The molecule has 0 aromatic heterocycles. The van der Waals surface area contributed by atoms with Gasteiger partial charge in [0.2, 0.25) is 0 Å². The van der Waals surface area contributed by atoms with Crippen molar-refractivity contribution >= 4 is 0 Å². The smallest absolute Gasteiger partial charge is 0.0328 e. The Bertz CT molecular complexity index is 196. The Balaban J connectivity index is 3.79. The third-order valence-corrected chi connectivity index (χ3v) is 5.07. The largest absolute Gasteiger partial charge is 0.0649 e. The summed E-state index contributed by atoms with van der Waals surface area (Å²) >= 11 is 0. The van der Waals surface area contributed by atoms with Crippen molar-refractivity contribution in [3.8, 4) is 0 Å². The van der Waals surface area contributed by atoms with Crippen molar-refractivity contribution in [2.45, 2.75) is 104 Å². The number of hydrogen-bond donors (Lipinski definition) is 0. The Morgan fingerprint density at radius 3 is 1.95 bits per heavy atom. The summed E-state index contributed by atoms with van der Waals surface area (Å²) < 4.78 is 0. The zero-order valence-corrected chi connectivity index (χ0v) is 14.7. The van der Waals surface area contributed by atoms with E-state index >= 15 is 0 Å². The van der Waals surface area contributed by atoms with Crippen LogP contribution in [0.25, 0.3) is 0 Å². The molecule has 0 aliphatic heterocycles. The van der Waals surface area contributed by atoms with Crippen molar-refractivity contribution in [1.29, 1.82) is 0 Å². The van der Waals surface area contributed by atoms with Crippen LogP contribution >= 0.6 is 0 Å². The van der Waals surface area contributed by atoms with Crippen LogP contribution in [0.1, 0.15) is 104 Å². The van der Waals surface area contributed by atoms with Gasteiger partial charge in [0.1, 0.15) is 0 Å². The molecule has 0 aliphatic rings. The van der Waals surface area contributed by atoms with Gasteiger partial charge < -0.3 is 0 Å². The first kappa shape index (κ1) is 20.0. The fourth-order valence-corrected chi connectivity index (χ4v) is 2.97. The Morgan fingerprint density at radius 1 is 0.800 bits per heavy atom. The lowest BCUT2D eigenvalue weighted by Gasteiger charge is -2.30. The first-order valence-corrected chi connectivity index (χ1v) is 9.16. The van der Waals surface area contributed by atoms with E-state index in [4.69, 9.17) is 0 Å². The molecule has 2 atom stereocenters. The maximum atomic E-state index is 3.94. The third kappa shape index (κ3) is 10.7. The molecule has 0 bridgehead atoms. The van der Waals surface area contributed by atoms with E-state index in [1.54, 1.807) is 0 Å². The van der Waals surface area contributed by atoms with Crippen LogP contribution in [0.15, 0.2) is 0 Å². The van der Waals surface area contributed by atoms with Gasteiger partial charge in [0.05, 0.1) is 0 Å². The first-order valence-electron chi connectivity index (χ1n) is 9.16. The van der Waals surface area contributed by atoms with E-state index in [1.165, 1.54) is 70.6 Å². The van der Waals surface area contributed by atoms with Gasteiger partial charge in [-0.2, -0.15) is 0 Å². The van der Waals surface area contributed by atoms with Crippen LogP contribution < -0.4 is 0 Å². The Labute approximate surface area is 130 Å². The second-order valence-corrected chi connectivity index (χ2v) is 7.18. The topological polar surface area (TPSA) is 0 Å². The van der Waals surface area contributed by atoms with E-state index in [2.05, 4.69) is 34.6 Å². The fourth-order valence-electron chi connectivity index (χ4n) is 2.97. The molecule has 0 saturated heterocycles. The van der Waals surface area contributed by atoms with E-state index in [-0.39, 0.29) is 0 Å². The van der Waals surface area contributed by atoms with Crippen LogP contribution in [0.2, 0.25) is 0 Å². The highest BCUT2D eigenvalue weighted by Gasteiger charge is 2.22. The van der Waals surface area contributed by atoms with Gasteiger partial charge in [-0.05, 0) is 24.2 Å². The van der Waals surface area contributed by atoms with Crippen LogP contribution in [0.4, 0.5) is 0 Å². The summed E-state index contributed by atoms with van der Waals surface area (Å²) in [5, 5.41) is 0. The maximum Gasteiger partial charge on any atom is -0.0328 e. The highest BCUT2D eigenvalue weighted by Crippen LogP contribution is 2.35. The summed E-state index contributed by atoms with van der Waals surface area (Å²) in [5.41, 5.74) is 0.586. The van der Waals surface area contributed by atoms with E-state index in [0.29, 0.717) is 5.41 Å². The Kier molecular flexibility index (Phi) is 12.7. The molecule has 0 aromatic rings. The summed E-state index contributed by atoms with van der Waals surface area (Å²) in [6.07, 6.45) is 17.4. The van der Waals surface area contributed by atoms with Gasteiger partial charge in [0.25, 0.3) is 0 Å². The van der Waals surface area contributed by atoms with Crippen molar-refractivity contribution in [2.24, 2.45) is 11.3 Å². The number of unbranched alkanes of at least 4 members (excludes halogenated alkanes) is 6. The van der Waals surface area contributed by atoms with E-state index in [9.17, 15) is 0 Å². The van der Waals surface area contributed by atoms with Crippen molar-refractivity contribution in [2.75, 3.05) is 0 Å². The molecule has 20 heavy (non-hydrogen) atoms. The first-order chi connectivity index (χ1) is 9.58. The van der Waals surface area contributed by atoms with Gasteiger partial charge in [0, 0.05) is 0 Å². The van der Waals surface area contributed by atoms with Crippen LogP contribution in [0, 0.1) is 25.2 Å². The molecule has 0 heterocycles. The molecule has 2 radical (unpaired) electrons. The minimum Gasteiger partial charge on any atom is -0.0649 e. The zero-order valence-electron chi connectivity index (χ0n) is 14.7. The SMILES string of the molecule is [CH2]CCCCCC(C)CCC(C)(CC)CCCCC[CH2]. The second-order valence-electron chi connectivity index (χ2n) is 7.18. The lowest BCUT2D eigenvalue weighted by atomic mass is 9.76. The van der Waals surface area contributed by atoms with Gasteiger partial charge >= 0.3 is 0 Å². The molecule has 0 nitrogen and oxygen atoms in total. The second kappa shape index (κ2) is 12.7. The van der Waals surface area contributed by atoms with Crippen LogP contribution in [-0.4, -0.2) is 0 Å². The number of hydrogen-bond acceptors (Lipinski definition) is 0. The number of rotatable bonds is 14. The van der Waals surface area contributed by atoms with Gasteiger partial charge in [-0.25, -0.2) is 0 Å². The maximum absolute atomic E-state index is 3.94. The molecule has 0 spiro atoms. The van der Waals surface area contributed by atoms with Crippen LogP contribution in [0.5, 0.6) is 0 Å². The van der Waals surface area contributed by atoms with E-state index in [1.807, 2.05) is 0 Å². The normalized spacial score (nSPS) is 16.1. The average Bonchev–Trinajstić information content (AvgIpc) is 2.46. The van der Waals surface area contributed by atoms with Gasteiger partial charge in [-0.3, -0.25) is 0 Å². The molecule has 0 amide bonds.